The van der Waals surface area contributed by atoms with Crippen LogP contribution >= 0.6 is 0 Å². The van der Waals surface area contributed by atoms with Gasteiger partial charge in [0.15, 0.2) is 0 Å². The summed E-state index contributed by atoms with van der Waals surface area (Å²) in [4.78, 5) is 10.9. The molecule has 0 saturated heterocycles. The van der Waals surface area contributed by atoms with Gasteiger partial charge in [0.25, 0.3) is 5.69 Å². The zero-order valence-electron chi connectivity index (χ0n) is 13.0. The first-order valence-electron chi connectivity index (χ1n) is 7.85. The van der Waals surface area contributed by atoms with Gasteiger partial charge in [0, 0.05) is 6.07 Å². The summed E-state index contributed by atoms with van der Waals surface area (Å²) in [6.45, 7) is 0. The summed E-state index contributed by atoms with van der Waals surface area (Å²) >= 11 is 0. The average Bonchev–Trinajstić information content (AvgIpc) is 3.05. The van der Waals surface area contributed by atoms with Crippen LogP contribution in [0.4, 0.5) is 5.69 Å². The molecule has 0 aliphatic heterocycles. The Balaban J connectivity index is 1.72. The molecule has 116 valence electrons. The smallest absolute Gasteiger partial charge is 0.258 e. The van der Waals surface area contributed by atoms with Crippen LogP contribution in [-0.2, 0) is 6.42 Å². The molecule has 1 aliphatic carbocycles. The molecule has 1 aliphatic rings. The molecule has 0 atom stereocenters. The van der Waals surface area contributed by atoms with Crippen molar-refractivity contribution in [3.63, 3.8) is 0 Å². The Morgan fingerprint density at radius 3 is 2.38 bits per heavy atom. The van der Waals surface area contributed by atoms with E-state index in [1.165, 1.54) is 22.3 Å². The molecule has 24 heavy (non-hydrogen) atoms. The molecule has 0 aromatic heterocycles. The maximum Gasteiger partial charge on any atom is 0.277 e. The normalized spacial score (nSPS) is 12.6. The van der Waals surface area contributed by atoms with E-state index < -0.39 is 0 Å². The van der Waals surface area contributed by atoms with Gasteiger partial charge in [0.1, 0.15) is 0 Å². The number of benzene rings is 3. The van der Waals surface area contributed by atoms with Gasteiger partial charge in [-0.3, -0.25) is 10.1 Å². The van der Waals surface area contributed by atoms with E-state index in [9.17, 15) is 10.1 Å². The van der Waals surface area contributed by atoms with Gasteiger partial charge in [-0.05, 0) is 46.4 Å². The lowest BCUT2D eigenvalue weighted by atomic mass is 9.98. The highest BCUT2D eigenvalue weighted by atomic mass is 16.6. The third-order valence-corrected chi connectivity index (χ3v) is 4.41. The van der Waals surface area contributed by atoms with Crippen LogP contribution in [0.1, 0.15) is 16.7 Å². The zero-order valence-corrected chi connectivity index (χ0v) is 13.0. The molecule has 0 bridgehead atoms. The van der Waals surface area contributed by atoms with E-state index in [0.29, 0.717) is 5.56 Å². The number of hydrogen-bond donors (Lipinski definition) is 0. The Hall–Kier alpha value is -3.20. The van der Waals surface area contributed by atoms with Gasteiger partial charge in [-0.2, -0.15) is 0 Å². The minimum atomic E-state index is -0.323. The minimum Gasteiger partial charge on any atom is -0.258 e. The standard InChI is InChI=1S/C21H15NO2/c23-22(24)21-9-5-4-8-20(21)17-11-10-16-12-18(14-19(16)13-17)15-6-2-1-3-7-15/h1-13H,14H2. The topological polar surface area (TPSA) is 43.1 Å². The van der Waals surface area contributed by atoms with Gasteiger partial charge in [-0.1, -0.05) is 60.7 Å². The highest BCUT2D eigenvalue weighted by molar-refractivity contribution is 5.90. The third-order valence-electron chi connectivity index (χ3n) is 4.41. The van der Waals surface area contributed by atoms with Gasteiger partial charge in [-0.15, -0.1) is 0 Å². The summed E-state index contributed by atoms with van der Waals surface area (Å²) < 4.78 is 0. The molecular weight excluding hydrogens is 298 g/mol. The highest BCUT2D eigenvalue weighted by Crippen LogP contribution is 2.36. The molecule has 3 aromatic carbocycles. The van der Waals surface area contributed by atoms with Crippen molar-refractivity contribution in [3.8, 4) is 11.1 Å². The van der Waals surface area contributed by atoms with Crippen LogP contribution < -0.4 is 0 Å². The molecule has 0 heterocycles. The van der Waals surface area contributed by atoms with Gasteiger partial charge in [0.05, 0.1) is 10.5 Å². The van der Waals surface area contributed by atoms with Gasteiger partial charge in [0.2, 0.25) is 0 Å². The first-order valence-corrected chi connectivity index (χ1v) is 7.85. The molecule has 0 unspecified atom stereocenters. The summed E-state index contributed by atoms with van der Waals surface area (Å²) in [6, 6.07) is 23.3. The van der Waals surface area contributed by atoms with Crippen molar-refractivity contribution in [1.29, 1.82) is 0 Å². The molecule has 4 rings (SSSR count). The van der Waals surface area contributed by atoms with Gasteiger partial charge >= 0.3 is 0 Å². The SMILES string of the molecule is O=[N+]([O-])c1ccccc1-c1ccc2c(c1)CC(c1ccccc1)=C2. The molecule has 0 amide bonds. The van der Waals surface area contributed by atoms with Crippen molar-refractivity contribution < 1.29 is 4.92 Å². The van der Waals surface area contributed by atoms with Crippen LogP contribution in [0.25, 0.3) is 22.8 Å². The predicted octanol–water partition coefficient (Wildman–Crippen LogP) is 5.36. The van der Waals surface area contributed by atoms with E-state index in [-0.39, 0.29) is 10.6 Å². The molecule has 0 saturated carbocycles. The zero-order chi connectivity index (χ0) is 16.5. The Morgan fingerprint density at radius 1 is 0.833 bits per heavy atom. The number of rotatable bonds is 3. The van der Waals surface area contributed by atoms with E-state index >= 15 is 0 Å². The maximum absolute atomic E-state index is 11.3. The molecule has 0 spiro atoms. The second kappa shape index (κ2) is 5.78. The Bertz CT molecular complexity index is 959. The van der Waals surface area contributed by atoms with Crippen LogP contribution in [0, 0.1) is 10.1 Å². The van der Waals surface area contributed by atoms with Crippen molar-refractivity contribution in [1.82, 2.24) is 0 Å². The Morgan fingerprint density at radius 2 is 1.58 bits per heavy atom. The van der Waals surface area contributed by atoms with Gasteiger partial charge < -0.3 is 0 Å². The minimum absolute atomic E-state index is 0.145. The summed E-state index contributed by atoms with van der Waals surface area (Å²) in [5.74, 6) is 0. The molecule has 3 nitrogen and oxygen atoms in total. The predicted molar refractivity (Wildman–Crippen MR) is 96.5 cm³/mol. The first kappa shape index (κ1) is 14.4. The van der Waals surface area contributed by atoms with Crippen LogP contribution in [0.5, 0.6) is 0 Å². The number of fused-ring (bicyclic) bond motifs is 1. The van der Waals surface area contributed by atoms with Crippen molar-refractivity contribution in [2.45, 2.75) is 6.42 Å². The molecular formula is C21H15NO2. The molecule has 3 heteroatoms. The van der Waals surface area contributed by atoms with Crippen LogP contribution in [0.15, 0.2) is 72.8 Å². The van der Waals surface area contributed by atoms with E-state index in [0.717, 1.165) is 12.0 Å². The largest absolute Gasteiger partial charge is 0.277 e. The van der Waals surface area contributed by atoms with Crippen LogP contribution in [0.2, 0.25) is 0 Å². The van der Waals surface area contributed by atoms with Gasteiger partial charge in [-0.25, -0.2) is 0 Å². The monoisotopic (exact) mass is 313 g/mol. The second-order valence-electron chi connectivity index (χ2n) is 5.90. The maximum atomic E-state index is 11.3. The molecule has 0 N–H and O–H groups in total. The Labute approximate surface area is 140 Å². The van der Waals surface area contributed by atoms with E-state index in [2.05, 4.69) is 30.3 Å². The summed E-state index contributed by atoms with van der Waals surface area (Å²) in [5.41, 5.74) is 6.61. The molecule has 3 aromatic rings. The Kier molecular flexibility index (Phi) is 3.47. The fourth-order valence-corrected chi connectivity index (χ4v) is 3.23. The lowest BCUT2D eigenvalue weighted by Crippen LogP contribution is -1.92. The second-order valence-corrected chi connectivity index (χ2v) is 5.90. The molecule has 0 fully saturated rings. The fraction of sp³-hybridized carbons (Fsp3) is 0.0476. The van der Waals surface area contributed by atoms with Crippen molar-refractivity contribution in [2.75, 3.05) is 0 Å². The lowest BCUT2D eigenvalue weighted by Gasteiger charge is -2.06. The average molecular weight is 313 g/mol. The van der Waals surface area contributed by atoms with E-state index in [4.69, 9.17) is 0 Å². The van der Waals surface area contributed by atoms with E-state index in [1.54, 1.807) is 18.2 Å². The van der Waals surface area contributed by atoms with Crippen molar-refractivity contribution in [3.05, 3.63) is 99.6 Å². The fourth-order valence-electron chi connectivity index (χ4n) is 3.23. The number of nitrogens with zero attached hydrogens (tertiary/aromatic N) is 1. The summed E-state index contributed by atoms with van der Waals surface area (Å²) in [5, 5.41) is 11.3. The number of hydrogen-bond acceptors (Lipinski definition) is 2. The number of nitro groups is 1. The molecule has 0 radical (unpaired) electrons. The third kappa shape index (κ3) is 2.50. The number of nitro benzene ring substituents is 1. The van der Waals surface area contributed by atoms with Crippen molar-refractivity contribution >= 4 is 17.3 Å². The van der Waals surface area contributed by atoms with Crippen molar-refractivity contribution in [2.24, 2.45) is 0 Å². The van der Waals surface area contributed by atoms with Crippen LogP contribution in [-0.4, -0.2) is 4.92 Å². The summed E-state index contributed by atoms with van der Waals surface area (Å²) in [7, 11) is 0. The van der Waals surface area contributed by atoms with E-state index in [1.807, 2.05) is 30.3 Å². The number of allylic oxidation sites excluding steroid dienone is 1. The van der Waals surface area contributed by atoms with Crippen LogP contribution in [0.3, 0.4) is 0 Å². The number of para-hydroxylation sites is 1. The summed E-state index contributed by atoms with van der Waals surface area (Å²) in [6.07, 6.45) is 3.06. The first-order chi connectivity index (χ1) is 11.7. The highest BCUT2D eigenvalue weighted by Gasteiger charge is 2.18. The lowest BCUT2D eigenvalue weighted by molar-refractivity contribution is -0.384. The quantitative estimate of drug-likeness (QED) is 0.482.